The van der Waals surface area contributed by atoms with Gasteiger partial charge in [-0.2, -0.15) is 0 Å². The van der Waals surface area contributed by atoms with E-state index in [1.807, 2.05) is 59.5 Å². The Balaban J connectivity index is 1.11. The molecular formula is C28H28ClNO4. The molecule has 5 rings (SSSR count). The fourth-order valence-electron chi connectivity index (χ4n) is 4.66. The third-order valence-corrected chi connectivity index (χ3v) is 6.98. The highest BCUT2D eigenvalue weighted by molar-refractivity contribution is 6.33. The van der Waals surface area contributed by atoms with E-state index in [9.17, 15) is 4.79 Å². The highest BCUT2D eigenvalue weighted by atomic mass is 35.5. The van der Waals surface area contributed by atoms with Gasteiger partial charge in [0, 0.05) is 29.2 Å². The third kappa shape index (κ3) is 5.15. The van der Waals surface area contributed by atoms with E-state index in [1.165, 1.54) is 5.56 Å². The SMILES string of the molecule is O=C(COc1ccccc1-c1ccccc1Cl)N1CCC(CCc2ccc3c(c2)OCO3)CC1. The summed E-state index contributed by atoms with van der Waals surface area (Å²) >= 11 is 6.38. The summed E-state index contributed by atoms with van der Waals surface area (Å²) in [4.78, 5) is 14.8. The average Bonchev–Trinajstić information content (AvgIpc) is 3.35. The molecule has 2 aliphatic heterocycles. The number of rotatable bonds is 7. The van der Waals surface area contributed by atoms with E-state index >= 15 is 0 Å². The zero-order valence-corrected chi connectivity index (χ0v) is 19.8. The van der Waals surface area contributed by atoms with Crippen LogP contribution in [-0.2, 0) is 11.2 Å². The van der Waals surface area contributed by atoms with Gasteiger partial charge in [0.2, 0.25) is 6.79 Å². The lowest BCUT2D eigenvalue weighted by Gasteiger charge is -2.32. The Kier molecular flexibility index (Phi) is 6.91. The Labute approximate surface area is 205 Å². The maximum absolute atomic E-state index is 12.8. The van der Waals surface area contributed by atoms with Gasteiger partial charge in [0.25, 0.3) is 5.91 Å². The van der Waals surface area contributed by atoms with Crippen molar-refractivity contribution in [1.29, 1.82) is 0 Å². The molecule has 2 aliphatic rings. The first-order chi connectivity index (χ1) is 16.7. The molecular weight excluding hydrogens is 450 g/mol. The Bertz CT molecular complexity index is 1160. The second kappa shape index (κ2) is 10.4. The number of piperidine rings is 1. The van der Waals surface area contributed by atoms with Crippen LogP contribution in [0.1, 0.15) is 24.8 Å². The molecule has 176 valence electrons. The summed E-state index contributed by atoms with van der Waals surface area (Å²) in [7, 11) is 0. The molecule has 3 aromatic rings. The van der Waals surface area contributed by atoms with Gasteiger partial charge in [-0.25, -0.2) is 0 Å². The van der Waals surface area contributed by atoms with Crippen molar-refractivity contribution in [2.75, 3.05) is 26.5 Å². The normalized spacial score (nSPS) is 15.4. The molecule has 0 spiro atoms. The minimum absolute atomic E-state index is 0.0307. The van der Waals surface area contributed by atoms with Gasteiger partial charge in [0.05, 0.1) is 0 Å². The molecule has 1 fully saturated rings. The van der Waals surface area contributed by atoms with Crippen molar-refractivity contribution < 1.29 is 19.0 Å². The number of fused-ring (bicyclic) bond motifs is 1. The second-order valence-electron chi connectivity index (χ2n) is 8.82. The van der Waals surface area contributed by atoms with E-state index in [2.05, 4.69) is 12.1 Å². The number of hydrogen-bond donors (Lipinski definition) is 0. The van der Waals surface area contributed by atoms with Crippen LogP contribution in [0, 0.1) is 5.92 Å². The van der Waals surface area contributed by atoms with Crippen LogP contribution < -0.4 is 14.2 Å². The fourth-order valence-corrected chi connectivity index (χ4v) is 4.90. The van der Waals surface area contributed by atoms with Crippen LogP contribution in [0.2, 0.25) is 5.02 Å². The van der Waals surface area contributed by atoms with Crippen LogP contribution in [0.25, 0.3) is 11.1 Å². The number of hydrogen-bond acceptors (Lipinski definition) is 4. The van der Waals surface area contributed by atoms with E-state index in [0.717, 1.165) is 61.4 Å². The molecule has 1 amide bonds. The second-order valence-corrected chi connectivity index (χ2v) is 9.22. The largest absolute Gasteiger partial charge is 0.483 e. The van der Waals surface area contributed by atoms with Crippen LogP contribution in [0.4, 0.5) is 0 Å². The first-order valence-electron chi connectivity index (χ1n) is 11.8. The molecule has 6 heteroatoms. The van der Waals surface area contributed by atoms with Crippen molar-refractivity contribution >= 4 is 17.5 Å². The molecule has 0 saturated carbocycles. The minimum atomic E-state index is 0.0307. The van der Waals surface area contributed by atoms with Gasteiger partial charge in [-0.3, -0.25) is 4.79 Å². The summed E-state index contributed by atoms with van der Waals surface area (Å²) in [6.07, 6.45) is 4.17. The molecule has 0 aliphatic carbocycles. The molecule has 0 radical (unpaired) electrons. The first kappa shape index (κ1) is 22.6. The van der Waals surface area contributed by atoms with Gasteiger partial charge < -0.3 is 19.1 Å². The fraction of sp³-hybridized carbons (Fsp3) is 0.321. The Morgan fingerprint density at radius 1 is 0.941 bits per heavy atom. The molecule has 0 unspecified atom stereocenters. The first-order valence-corrected chi connectivity index (χ1v) is 12.2. The summed E-state index contributed by atoms with van der Waals surface area (Å²) in [6.45, 7) is 1.89. The van der Waals surface area contributed by atoms with E-state index in [4.69, 9.17) is 25.8 Å². The maximum Gasteiger partial charge on any atom is 0.260 e. The lowest BCUT2D eigenvalue weighted by atomic mass is 9.90. The lowest BCUT2D eigenvalue weighted by molar-refractivity contribution is -0.134. The average molecular weight is 478 g/mol. The molecule has 2 heterocycles. The summed E-state index contributed by atoms with van der Waals surface area (Å²) in [5.41, 5.74) is 3.06. The van der Waals surface area contributed by atoms with Gasteiger partial charge in [-0.1, -0.05) is 54.1 Å². The number of carbonyl (C=O) groups excluding carboxylic acids is 1. The zero-order valence-electron chi connectivity index (χ0n) is 19.0. The third-order valence-electron chi connectivity index (χ3n) is 6.65. The van der Waals surface area contributed by atoms with Crippen LogP contribution in [-0.4, -0.2) is 37.3 Å². The predicted octanol–water partition coefficient (Wildman–Crippen LogP) is 5.99. The van der Waals surface area contributed by atoms with Crippen molar-refractivity contribution in [2.24, 2.45) is 5.92 Å². The summed E-state index contributed by atoms with van der Waals surface area (Å²) < 4.78 is 16.8. The Hall–Kier alpha value is -3.18. The van der Waals surface area contributed by atoms with Crippen molar-refractivity contribution in [1.82, 2.24) is 4.90 Å². The monoisotopic (exact) mass is 477 g/mol. The van der Waals surface area contributed by atoms with Crippen molar-refractivity contribution in [3.05, 3.63) is 77.3 Å². The molecule has 5 nitrogen and oxygen atoms in total. The van der Waals surface area contributed by atoms with Crippen molar-refractivity contribution in [3.63, 3.8) is 0 Å². The van der Waals surface area contributed by atoms with E-state index in [-0.39, 0.29) is 12.5 Å². The molecule has 34 heavy (non-hydrogen) atoms. The van der Waals surface area contributed by atoms with Gasteiger partial charge in [-0.15, -0.1) is 0 Å². The topological polar surface area (TPSA) is 48.0 Å². The molecule has 3 aromatic carbocycles. The quantitative estimate of drug-likeness (QED) is 0.419. The van der Waals surface area contributed by atoms with Gasteiger partial charge >= 0.3 is 0 Å². The number of halogens is 1. The number of nitrogens with zero attached hydrogens (tertiary/aromatic N) is 1. The molecule has 1 saturated heterocycles. The Morgan fingerprint density at radius 2 is 1.68 bits per heavy atom. The van der Waals surface area contributed by atoms with Crippen molar-refractivity contribution in [2.45, 2.75) is 25.7 Å². The van der Waals surface area contributed by atoms with E-state index in [1.54, 1.807) is 0 Å². The molecule has 0 bridgehead atoms. The summed E-state index contributed by atoms with van der Waals surface area (Å²) in [5, 5.41) is 0.660. The van der Waals surface area contributed by atoms with Crippen molar-refractivity contribution in [3.8, 4) is 28.4 Å². The van der Waals surface area contributed by atoms with Gasteiger partial charge in [-0.05, 0) is 61.4 Å². The number of para-hydroxylation sites is 1. The number of benzene rings is 3. The van der Waals surface area contributed by atoms with E-state index in [0.29, 0.717) is 23.5 Å². The standard InChI is InChI=1S/C28H28ClNO4/c29-24-7-3-1-5-22(24)23-6-2-4-8-25(23)32-18-28(31)30-15-13-20(14-16-30)9-10-21-11-12-26-27(17-21)34-19-33-26/h1-8,11-12,17,20H,9-10,13-16,18-19H2. The molecule has 0 N–H and O–H groups in total. The van der Waals surface area contributed by atoms with Crippen LogP contribution in [0.3, 0.4) is 0 Å². The molecule has 0 atom stereocenters. The maximum atomic E-state index is 12.8. The van der Waals surface area contributed by atoms with Gasteiger partial charge in [0.15, 0.2) is 18.1 Å². The van der Waals surface area contributed by atoms with Crippen LogP contribution in [0.15, 0.2) is 66.7 Å². The Morgan fingerprint density at radius 3 is 2.50 bits per heavy atom. The number of ether oxygens (including phenoxy) is 3. The smallest absolute Gasteiger partial charge is 0.260 e. The van der Waals surface area contributed by atoms with Gasteiger partial charge in [0.1, 0.15) is 5.75 Å². The van der Waals surface area contributed by atoms with Crippen LogP contribution in [0.5, 0.6) is 17.2 Å². The molecule has 0 aromatic heterocycles. The lowest BCUT2D eigenvalue weighted by Crippen LogP contribution is -2.41. The number of amides is 1. The summed E-state index contributed by atoms with van der Waals surface area (Å²) in [5.74, 6) is 2.99. The van der Waals surface area contributed by atoms with Crippen LogP contribution >= 0.6 is 11.6 Å². The minimum Gasteiger partial charge on any atom is -0.483 e. The number of likely N-dealkylation sites (tertiary alicyclic amines) is 1. The number of aryl methyl sites for hydroxylation is 1. The number of carbonyl (C=O) groups is 1. The van der Waals surface area contributed by atoms with E-state index < -0.39 is 0 Å². The predicted molar refractivity (Wildman–Crippen MR) is 133 cm³/mol. The summed E-state index contributed by atoms with van der Waals surface area (Å²) in [6, 6.07) is 21.5. The highest BCUT2D eigenvalue weighted by Crippen LogP contribution is 2.35. The zero-order chi connectivity index (χ0) is 23.3. The highest BCUT2D eigenvalue weighted by Gasteiger charge is 2.23.